The molecule has 0 bridgehead atoms. The number of rotatable bonds is 44. The van der Waals surface area contributed by atoms with Crippen molar-refractivity contribution >= 4 is 47.3 Å². The van der Waals surface area contributed by atoms with E-state index in [1.165, 1.54) is 0 Å². The van der Waals surface area contributed by atoms with Crippen LogP contribution in [0.4, 0.5) is 0 Å². The molecule has 24 heteroatoms. The van der Waals surface area contributed by atoms with Gasteiger partial charge in [0.1, 0.15) is 18.7 Å². The average molecular weight is 976 g/mol. The highest BCUT2D eigenvalue weighted by Crippen LogP contribution is 2.15. The summed E-state index contributed by atoms with van der Waals surface area (Å²) in [6.45, 7) is 11.1. The molecule has 68 heavy (non-hydrogen) atoms. The number of ether oxygens (including phenoxy) is 10. The largest absolute Gasteiger partial charge is 0.382 e. The topological polar surface area (TPSA) is 281 Å². The molecule has 0 aliphatic carbocycles. The van der Waals surface area contributed by atoms with Gasteiger partial charge in [-0.3, -0.25) is 38.5 Å². The normalized spacial score (nSPS) is 14.6. The van der Waals surface area contributed by atoms with E-state index < -0.39 is 59.4 Å². The van der Waals surface area contributed by atoms with E-state index in [4.69, 9.17) is 52.2 Å². The summed E-state index contributed by atoms with van der Waals surface area (Å²) in [4.78, 5) is 105. The first kappa shape index (κ1) is 59.6. The van der Waals surface area contributed by atoms with Gasteiger partial charge >= 0.3 is 5.97 Å². The number of methoxy groups -OCH3 is 1. The molecule has 7 amide bonds. The number of nitrogens with zero attached hydrogens (tertiary/aromatic N) is 2. The van der Waals surface area contributed by atoms with Crippen LogP contribution in [0.1, 0.15) is 58.8 Å². The molecule has 1 saturated heterocycles. The molecular formula is C44H73N5O19. The molecule has 0 aromatic rings. The predicted molar refractivity (Wildman–Crippen MR) is 237 cm³/mol. The third-order valence-corrected chi connectivity index (χ3v) is 9.63. The zero-order chi connectivity index (χ0) is 49.6. The van der Waals surface area contributed by atoms with Crippen LogP contribution in [0, 0.1) is 5.92 Å². The minimum absolute atomic E-state index is 0.00780. The Labute approximate surface area is 397 Å². The number of unbranched alkanes of at least 4 members (excludes halogenated alkanes) is 1. The van der Waals surface area contributed by atoms with Crippen molar-refractivity contribution in [3.63, 3.8) is 0 Å². The molecule has 2 heterocycles. The van der Waals surface area contributed by atoms with Crippen molar-refractivity contribution in [1.29, 1.82) is 0 Å². The van der Waals surface area contributed by atoms with Crippen molar-refractivity contribution in [2.75, 3.05) is 146 Å². The first-order chi connectivity index (χ1) is 32.9. The van der Waals surface area contributed by atoms with Crippen LogP contribution in [0.15, 0.2) is 12.2 Å². The Morgan fingerprint density at radius 2 is 1.01 bits per heavy atom. The molecule has 0 aromatic carbocycles. The molecule has 3 N–H and O–H groups in total. The molecule has 2 aliphatic heterocycles. The summed E-state index contributed by atoms with van der Waals surface area (Å²) in [7, 11) is 1.63. The van der Waals surface area contributed by atoms with Crippen molar-refractivity contribution in [3.8, 4) is 0 Å². The Morgan fingerprint density at radius 1 is 0.574 bits per heavy atom. The molecule has 388 valence electrons. The van der Waals surface area contributed by atoms with Crippen molar-refractivity contribution in [3.05, 3.63) is 12.2 Å². The first-order valence-electron chi connectivity index (χ1n) is 23.1. The molecule has 0 aromatic heterocycles. The highest BCUT2D eigenvalue weighted by molar-refractivity contribution is 6.12. The number of carbonyl (C=O) groups is 8. The number of imide groups is 2. The molecule has 24 nitrogen and oxygen atoms in total. The molecule has 2 atom stereocenters. The van der Waals surface area contributed by atoms with Crippen molar-refractivity contribution in [2.24, 2.45) is 5.92 Å². The van der Waals surface area contributed by atoms with Gasteiger partial charge in [0.25, 0.3) is 23.6 Å². The fourth-order valence-electron chi connectivity index (χ4n) is 5.96. The van der Waals surface area contributed by atoms with Crippen LogP contribution in [0.25, 0.3) is 0 Å². The van der Waals surface area contributed by atoms with Gasteiger partial charge in [-0.2, -0.15) is 0 Å². The molecule has 0 unspecified atom stereocenters. The van der Waals surface area contributed by atoms with E-state index in [1.807, 2.05) is 0 Å². The molecule has 0 spiro atoms. The van der Waals surface area contributed by atoms with E-state index in [2.05, 4.69) is 16.0 Å². The van der Waals surface area contributed by atoms with Crippen LogP contribution in [-0.4, -0.2) is 215 Å². The smallest absolute Gasteiger partial charge is 0.355 e. The molecule has 0 saturated carbocycles. The van der Waals surface area contributed by atoms with Crippen molar-refractivity contribution in [1.82, 2.24) is 25.9 Å². The Bertz CT molecular complexity index is 1500. The lowest BCUT2D eigenvalue weighted by atomic mass is 10.0. The lowest BCUT2D eigenvalue weighted by molar-refractivity contribution is -0.199. The summed E-state index contributed by atoms with van der Waals surface area (Å²) < 4.78 is 53.7. The Kier molecular flexibility index (Phi) is 33.6. The van der Waals surface area contributed by atoms with Gasteiger partial charge in [0.15, 0.2) is 0 Å². The second-order valence-corrected chi connectivity index (χ2v) is 15.4. The zero-order valence-corrected chi connectivity index (χ0v) is 39.8. The second-order valence-electron chi connectivity index (χ2n) is 15.4. The van der Waals surface area contributed by atoms with Gasteiger partial charge in [0, 0.05) is 51.6 Å². The van der Waals surface area contributed by atoms with Crippen molar-refractivity contribution < 1.29 is 90.6 Å². The maximum absolute atomic E-state index is 13.5. The first-order valence-corrected chi connectivity index (χ1v) is 23.1. The fourth-order valence-corrected chi connectivity index (χ4v) is 5.96. The summed E-state index contributed by atoms with van der Waals surface area (Å²) in [5.41, 5.74) is 0. The summed E-state index contributed by atoms with van der Waals surface area (Å²) in [6, 6.07) is -2.39. The van der Waals surface area contributed by atoms with Gasteiger partial charge in [-0.05, 0) is 31.6 Å². The maximum atomic E-state index is 13.5. The van der Waals surface area contributed by atoms with Crippen LogP contribution in [-0.2, 0) is 90.6 Å². The summed E-state index contributed by atoms with van der Waals surface area (Å²) >= 11 is 0. The number of hydrogen-bond acceptors (Lipinski definition) is 19. The SMILES string of the molecule is COCCOCCOCCOCCOCCOCCOCCOCCOCCOCC(=O)NCCCC[C@H](NC(=O)CCCN1C(=O)C=CC1=O)C(=O)N[C@H](C(=O)ON1C(=O)CCC1=O)C(C)C. The average Bonchev–Trinajstić information content (AvgIpc) is 3.81. The summed E-state index contributed by atoms with van der Waals surface area (Å²) in [5.74, 6) is -5.47. The number of hydrogen-bond donors (Lipinski definition) is 3. The van der Waals surface area contributed by atoms with Gasteiger partial charge < -0.3 is 68.2 Å². The van der Waals surface area contributed by atoms with E-state index in [9.17, 15) is 38.4 Å². The van der Waals surface area contributed by atoms with Crippen LogP contribution in [0.2, 0.25) is 0 Å². The third-order valence-electron chi connectivity index (χ3n) is 9.63. The standard InChI is InChI=1S/C44H73N5O19/c1-34(2)42(44(57)68-49-40(54)11-12-41(49)55)47-43(56)35(46-36(50)8-6-14-48-38(52)9-10-39(48)53)7-4-5-13-45-37(51)33-67-32-31-66-30-29-65-28-27-64-26-25-63-24-23-62-22-21-61-20-19-60-18-17-59-16-15-58-3/h9-10,34-35,42H,4-8,11-33H2,1-3H3,(H,45,51)(H,46,50)(H,47,56)/t35-,42-/m0/s1. The van der Waals surface area contributed by atoms with Gasteiger partial charge in [-0.1, -0.05) is 13.8 Å². The van der Waals surface area contributed by atoms with Gasteiger partial charge in [0.05, 0.1) is 119 Å². The van der Waals surface area contributed by atoms with Gasteiger partial charge in [0.2, 0.25) is 17.7 Å². The number of nitrogens with one attached hydrogen (secondary N) is 3. The van der Waals surface area contributed by atoms with E-state index in [0.717, 1.165) is 17.1 Å². The molecule has 2 rings (SSSR count). The Balaban J connectivity index is 1.50. The van der Waals surface area contributed by atoms with E-state index in [-0.39, 0.29) is 70.9 Å². The fraction of sp³-hybridized carbons (Fsp3) is 0.773. The highest BCUT2D eigenvalue weighted by Gasteiger charge is 2.37. The number of carbonyl (C=O) groups excluding carboxylic acids is 8. The number of hydroxylamine groups is 2. The molecule has 2 aliphatic rings. The summed E-state index contributed by atoms with van der Waals surface area (Å²) in [5, 5.41) is 8.33. The Hall–Kier alpha value is -4.50. The lowest BCUT2D eigenvalue weighted by Crippen LogP contribution is -2.54. The minimum atomic E-state index is -1.26. The monoisotopic (exact) mass is 975 g/mol. The Morgan fingerprint density at radius 3 is 1.46 bits per heavy atom. The minimum Gasteiger partial charge on any atom is -0.382 e. The van der Waals surface area contributed by atoms with E-state index in [0.29, 0.717) is 124 Å². The third kappa shape index (κ3) is 28.1. The molecule has 0 radical (unpaired) electrons. The second kappa shape index (κ2) is 38.4. The van der Waals surface area contributed by atoms with Crippen LogP contribution in [0.3, 0.4) is 0 Å². The quantitative estimate of drug-likeness (QED) is 0.0488. The molecular weight excluding hydrogens is 902 g/mol. The summed E-state index contributed by atoms with van der Waals surface area (Å²) in [6.07, 6.45) is 3.02. The van der Waals surface area contributed by atoms with Gasteiger partial charge in [-0.15, -0.1) is 5.06 Å². The van der Waals surface area contributed by atoms with Crippen LogP contribution < -0.4 is 16.0 Å². The zero-order valence-electron chi connectivity index (χ0n) is 39.8. The van der Waals surface area contributed by atoms with E-state index >= 15 is 0 Å². The maximum Gasteiger partial charge on any atom is 0.355 e. The highest BCUT2D eigenvalue weighted by atomic mass is 16.7. The van der Waals surface area contributed by atoms with Crippen molar-refractivity contribution in [2.45, 2.75) is 70.9 Å². The van der Waals surface area contributed by atoms with Crippen LogP contribution in [0.5, 0.6) is 0 Å². The van der Waals surface area contributed by atoms with Gasteiger partial charge in [-0.25, -0.2) is 4.79 Å². The predicted octanol–water partition coefficient (Wildman–Crippen LogP) is -0.993. The van der Waals surface area contributed by atoms with Crippen LogP contribution >= 0.6 is 0 Å². The van der Waals surface area contributed by atoms with E-state index in [1.54, 1.807) is 21.0 Å². The number of amides is 7. The molecule has 1 fully saturated rings. The lowest BCUT2D eigenvalue weighted by Gasteiger charge is -2.25.